The number of ether oxygens (including phenoxy) is 1. The molecule has 0 radical (unpaired) electrons. The van der Waals surface area contributed by atoms with Crippen molar-refractivity contribution in [3.05, 3.63) is 36.4 Å². The Morgan fingerprint density at radius 2 is 2.06 bits per heavy atom. The highest BCUT2D eigenvalue weighted by atomic mass is 16.5. The van der Waals surface area contributed by atoms with Gasteiger partial charge in [0, 0.05) is 6.07 Å². The normalized spacial score (nSPS) is 10.7. The Morgan fingerprint density at radius 3 is 2.83 bits per heavy atom. The molecule has 0 fully saturated rings. The van der Waals surface area contributed by atoms with Crippen LogP contribution in [-0.2, 0) is 0 Å². The molecule has 1 aromatic carbocycles. The number of hydrogen-bond acceptors (Lipinski definition) is 4. The molecular formula is C13H12N4O. The fraction of sp³-hybridized carbons (Fsp3) is 0.0769. The van der Waals surface area contributed by atoms with Crippen LogP contribution in [-0.4, -0.2) is 22.1 Å². The van der Waals surface area contributed by atoms with Gasteiger partial charge in [-0.15, -0.1) is 0 Å². The van der Waals surface area contributed by atoms with Gasteiger partial charge in [0.1, 0.15) is 17.3 Å². The van der Waals surface area contributed by atoms with Gasteiger partial charge >= 0.3 is 0 Å². The molecule has 0 aliphatic heterocycles. The van der Waals surface area contributed by atoms with Crippen LogP contribution in [0.5, 0.6) is 5.75 Å². The first-order valence-corrected chi connectivity index (χ1v) is 5.53. The number of fused-ring (bicyclic) bond motifs is 1. The molecule has 0 aliphatic carbocycles. The van der Waals surface area contributed by atoms with Crippen LogP contribution >= 0.6 is 0 Å². The molecule has 0 unspecified atom stereocenters. The maximum Gasteiger partial charge on any atom is 0.157 e. The largest absolute Gasteiger partial charge is 0.497 e. The van der Waals surface area contributed by atoms with Gasteiger partial charge in [-0.1, -0.05) is 6.07 Å². The number of hydrogen-bond donors (Lipinski definition) is 2. The summed E-state index contributed by atoms with van der Waals surface area (Å²) in [5, 5.41) is 0. The second-order valence-corrected chi connectivity index (χ2v) is 3.92. The standard InChI is InChI=1S/C13H12N4O/c1-18-8-5-6-9-11(7-8)17-13(16-9)10-3-2-4-12(14)15-10/h2-7H,1H3,(H2,14,15)(H,16,17). The Balaban J connectivity index is 2.13. The van der Waals surface area contributed by atoms with Crippen molar-refractivity contribution >= 4 is 16.9 Å². The zero-order chi connectivity index (χ0) is 12.5. The topological polar surface area (TPSA) is 76.8 Å². The zero-order valence-corrected chi connectivity index (χ0v) is 9.84. The quantitative estimate of drug-likeness (QED) is 0.720. The lowest BCUT2D eigenvalue weighted by molar-refractivity contribution is 0.415. The maximum absolute atomic E-state index is 5.66. The summed E-state index contributed by atoms with van der Waals surface area (Å²) in [6.45, 7) is 0. The molecule has 5 nitrogen and oxygen atoms in total. The van der Waals surface area contributed by atoms with Crippen molar-refractivity contribution in [3.8, 4) is 17.3 Å². The molecule has 2 heterocycles. The average molecular weight is 240 g/mol. The van der Waals surface area contributed by atoms with Gasteiger partial charge < -0.3 is 15.5 Å². The molecule has 5 heteroatoms. The number of pyridine rings is 1. The Labute approximate surface area is 104 Å². The van der Waals surface area contributed by atoms with Crippen LogP contribution in [0.25, 0.3) is 22.6 Å². The number of nitrogens with zero attached hydrogens (tertiary/aromatic N) is 2. The lowest BCUT2D eigenvalue weighted by Crippen LogP contribution is -1.92. The van der Waals surface area contributed by atoms with E-state index in [1.165, 1.54) is 0 Å². The predicted octanol–water partition coefficient (Wildman–Crippen LogP) is 2.22. The molecule has 2 aromatic heterocycles. The molecular weight excluding hydrogens is 228 g/mol. The number of aromatic amines is 1. The van der Waals surface area contributed by atoms with E-state index < -0.39 is 0 Å². The minimum absolute atomic E-state index is 0.477. The number of imidazole rings is 1. The highest BCUT2D eigenvalue weighted by molar-refractivity contribution is 5.80. The highest BCUT2D eigenvalue weighted by Gasteiger charge is 2.07. The van der Waals surface area contributed by atoms with Crippen LogP contribution in [0, 0.1) is 0 Å². The zero-order valence-electron chi connectivity index (χ0n) is 9.84. The van der Waals surface area contributed by atoms with Crippen molar-refractivity contribution in [2.24, 2.45) is 0 Å². The molecule has 0 bridgehead atoms. The molecule has 3 rings (SSSR count). The van der Waals surface area contributed by atoms with Crippen LogP contribution in [0.1, 0.15) is 0 Å². The van der Waals surface area contributed by atoms with E-state index >= 15 is 0 Å². The van der Waals surface area contributed by atoms with Gasteiger partial charge in [0.15, 0.2) is 5.82 Å². The van der Waals surface area contributed by atoms with Gasteiger partial charge in [-0.2, -0.15) is 0 Å². The number of nitrogens with one attached hydrogen (secondary N) is 1. The van der Waals surface area contributed by atoms with Crippen molar-refractivity contribution in [3.63, 3.8) is 0 Å². The Kier molecular flexibility index (Phi) is 2.37. The van der Waals surface area contributed by atoms with Crippen molar-refractivity contribution < 1.29 is 4.74 Å². The summed E-state index contributed by atoms with van der Waals surface area (Å²) in [5.41, 5.74) is 8.17. The minimum Gasteiger partial charge on any atom is -0.497 e. The molecule has 90 valence electrons. The van der Waals surface area contributed by atoms with E-state index in [0.717, 1.165) is 22.5 Å². The lowest BCUT2D eigenvalue weighted by Gasteiger charge is -1.97. The van der Waals surface area contributed by atoms with E-state index in [-0.39, 0.29) is 0 Å². The molecule has 0 spiro atoms. The molecule has 3 aromatic rings. The number of benzene rings is 1. The van der Waals surface area contributed by atoms with Crippen LogP contribution < -0.4 is 10.5 Å². The number of H-pyrrole nitrogens is 1. The number of aromatic nitrogens is 3. The third-order valence-electron chi connectivity index (χ3n) is 2.70. The van der Waals surface area contributed by atoms with Crippen molar-refractivity contribution in [1.29, 1.82) is 0 Å². The second-order valence-electron chi connectivity index (χ2n) is 3.92. The molecule has 0 saturated carbocycles. The first-order valence-electron chi connectivity index (χ1n) is 5.53. The van der Waals surface area contributed by atoms with E-state index in [0.29, 0.717) is 11.6 Å². The van der Waals surface area contributed by atoms with Gasteiger partial charge in [0.25, 0.3) is 0 Å². The van der Waals surface area contributed by atoms with E-state index in [1.54, 1.807) is 13.2 Å². The Bertz CT molecular complexity index is 705. The second kappa shape index (κ2) is 4.03. The molecule has 0 amide bonds. The van der Waals surface area contributed by atoms with E-state index in [9.17, 15) is 0 Å². The highest BCUT2D eigenvalue weighted by Crippen LogP contribution is 2.22. The maximum atomic E-state index is 5.66. The SMILES string of the molecule is COc1ccc2nc(-c3cccc(N)n3)[nH]c2c1. The van der Waals surface area contributed by atoms with E-state index in [2.05, 4.69) is 15.0 Å². The monoisotopic (exact) mass is 240 g/mol. The number of rotatable bonds is 2. The minimum atomic E-state index is 0.477. The fourth-order valence-electron chi connectivity index (χ4n) is 1.82. The van der Waals surface area contributed by atoms with Gasteiger partial charge in [-0.3, -0.25) is 0 Å². The first kappa shape index (κ1) is 10.6. The number of anilines is 1. The number of nitrogen functional groups attached to an aromatic ring is 1. The van der Waals surface area contributed by atoms with Gasteiger partial charge in [-0.25, -0.2) is 9.97 Å². The summed E-state index contributed by atoms with van der Waals surface area (Å²) in [7, 11) is 1.64. The van der Waals surface area contributed by atoms with Crippen molar-refractivity contribution in [1.82, 2.24) is 15.0 Å². The Hall–Kier alpha value is -2.56. The summed E-state index contributed by atoms with van der Waals surface area (Å²) < 4.78 is 5.17. The predicted molar refractivity (Wildman–Crippen MR) is 70.3 cm³/mol. The Morgan fingerprint density at radius 1 is 1.17 bits per heavy atom. The third-order valence-corrected chi connectivity index (χ3v) is 2.70. The molecule has 0 saturated heterocycles. The molecule has 3 N–H and O–H groups in total. The smallest absolute Gasteiger partial charge is 0.157 e. The van der Waals surface area contributed by atoms with Crippen molar-refractivity contribution in [2.75, 3.05) is 12.8 Å². The van der Waals surface area contributed by atoms with Crippen LogP contribution in [0.3, 0.4) is 0 Å². The average Bonchev–Trinajstić information content (AvgIpc) is 2.81. The first-order chi connectivity index (χ1) is 8.76. The summed E-state index contributed by atoms with van der Waals surface area (Å²) in [6, 6.07) is 11.1. The summed E-state index contributed by atoms with van der Waals surface area (Å²) >= 11 is 0. The molecule has 0 aliphatic rings. The van der Waals surface area contributed by atoms with Crippen molar-refractivity contribution in [2.45, 2.75) is 0 Å². The van der Waals surface area contributed by atoms with Crippen LogP contribution in [0.2, 0.25) is 0 Å². The number of methoxy groups -OCH3 is 1. The molecule has 18 heavy (non-hydrogen) atoms. The van der Waals surface area contributed by atoms with Gasteiger partial charge in [0.05, 0.1) is 18.1 Å². The molecule has 0 atom stereocenters. The van der Waals surface area contributed by atoms with Crippen LogP contribution in [0.15, 0.2) is 36.4 Å². The lowest BCUT2D eigenvalue weighted by atomic mass is 10.3. The third kappa shape index (κ3) is 1.75. The van der Waals surface area contributed by atoms with Gasteiger partial charge in [-0.05, 0) is 24.3 Å². The van der Waals surface area contributed by atoms with Gasteiger partial charge in [0.2, 0.25) is 0 Å². The summed E-state index contributed by atoms with van der Waals surface area (Å²) in [6.07, 6.45) is 0. The summed E-state index contributed by atoms with van der Waals surface area (Å²) in [4.78, 5) is 11.9. The summed E-state index contributed by atoms with van der Waals surface area (Å²) in [5.74, 6) is 1.97. The van der Waals surface area contributed by atoms with Crippen LogP contribution in [0.4, 0.5) is 5.82 Å². The number of nitrogens with two attached hydrogens (primary N) is 1. The van der Waals surface area contributed by atoms with E-state index in [1.807, 2.05) is 30.3 Å². The van der Waals surface area contributed by atoms with E-state index in [4.69, 9.17) is 10.5 Å². The fourth-order valence-corrected chi connectivity index (χ4v) is 1.82.